The van der Waals surface area contributed by atoms with Crippen LogP contribution < -0.4 is 18.9 Å². The maximum atomic E-state index is 5.52. The Morgan fingerprint density at radius 1 is 0.737 bits per heavy atom. The molecule has 0 fully saturated rings. The third-order valence-corrected chi connectivity index (χ3v) is 3.21. The van der Waals surface area contributed by atoms with Gasteiger partial charge in [-0.2, -0.15) is 0 Å². The van der Waals surface area contributed by atoms with Crippen molar-refractivity contribution < 1.29 is 18.9 Å². The summed E-state index contributed by atoms with van der Waals surface area (Å²) >= 11 is 0. The average molecular weight is 262 g/mol. The highest BCUT2D eigenvalue weighted by Gasteiger charge is 2.16. The lowest BCUT2D eigenvalue weighted by atomic mass is 10.0. The molecule has 2 aromatic rings. The van der Waals surface area contributed by atoms with Crippen LogP contribution in [0.25, 0.3) is 10.8 Å². The van der Waals surface area contributed by atoms with Crippen LogP contribution in [0.3, 0.4) is 0 Å². The van der Waals surface area contributed by atoms with Gasteiger partial charge in [-0.15, -0.1) is 0 Å². The topological polar surface area (TPSA) is 36.9 Å². The van der Waals surface area contributed by atoms with E-state index in [0.29, 0.717) is 0 Å². The van der Waals surface area contributed by atoms with E-state index < -0.39 is 0 Å². The van der Waals surface area contributed by atoms with Crippen molar-refractivity contribution in [3.63, 3.8) is 0 Å². The first-order chi connectivity index (χ1) is 9.15. The molecule has 2 rings (SSSR count). The Morgan fingerprint density at radius 2 is 1.42 bits per heavy atom. The molecule has 19 heavy (non-hydrogen) atoms. The van der Waals surface area contributed by atoms with Crippen molar-refractivity contribution >= 4 is 10.8 Å². The second-order valence-electron chi connectivity index (χ2n) is 4.16. The molecule has 0 N–H and O–H groups in total. The Kier molecular flexibility index (Phi) is 3.69. The number of hydrogen-bond acceptors (Lipinski definition) is 4. The quantitative estimate of drug-likeness (QED) is 0.848. The number of ether oxygens (including phenoxy) is 4. The first-order valence-electron chi connectivity index (χ1n) is 5.93. The SMILES string of the molecule is COc1cc(OC)c2c(OC)c(C)c(OC)cc2c1. The van der Waals surface area contributed by atoms with Crippen molar-refractivity contribution in [2.45, 2.75) is 6.92 Å². The summed E-state index contributed by atoms with van der Waals surface area (Å²) in [4.78, 5) is 0. The summed E-state index contributed by atoms with van der Waals surface area (Å²) in [7, 11) is 6.55. The lowest BCUT2D eigenvalue weighted by molar-refractivity contribution is 0.384. The smallest absolute Gasteiger partial charge is 0.137 e. The molecule has 4 heteroatoms. The summed E-state index contributed by atoms with van der Waals surface area (Å²) < 4.78 is 21.6. The standard InChI is InChI=1S/C15H18O4/c1-9-12(17-3)7-10-6-11(16-2)8-13(18-4)14(10)15(9)19-5/h6-8H,1-5H3. The minimum absolute atomic E-state index is 0.719. The molecule has 0 saturated heterocycles. The zero-order chi connectivity index (χ0) is 14.0. The highest BCUT2D eigenvalue weighted by atomic mass is 16.5. The van der Waals surface area contributed by atoms with Gasteiger partial charge in [0.15, 0.2) is 0 Å². The Labute approximate surface area is 112 Å². The van der Waals surface area contributed by atoms with Gasteiger partial charge in [0.25, 0.3) is 0 Å². The second-order valence-corrected chi connectivity index (χ2v) is 4.16. The fraction of sp³-hybridized carbons (Fsp3) is 0.333. The van der Waals surface area contributed by atoms with Gasteiger partial charge >= 0.3 is 0 Å². The van der Waals surface area contributed by atoms with E-state index in [4.69, 9.17) is 18.9 Å². The molecular formula is C15H18O4. The summed E-state index contributed by atoms with van der Waals surface area (Å²) in [5.74, 6) is 2.99. The van der Waals surface area contributed by atoms with Crippen LogP contribution in [-0.2, 0) is 0 Å². The first kappa shape index (κ1) is 13.3. The summed E-state index contributed by atoms with van der Waals surface area (Å²) in [5, 5.41) is 1.87. The van der Waals surface area contributed by atoms with Crippen molar-refractivity contribution in [1.29, 1.82) is 0 Å². The van der Waals surface area contributed by atoms with E-state index in [-0.39, 0.29) is 0 Å². The molecule has 0 unspecified atom stereocenters. The van der Waals surface area contributed by atoms with Crippen LogP contribution in [0.1, 0.15) is 5.56 Å². The normalized spacial score (nSPS) is 10.4. The zero-order valence-electron chi connectivity index (χ0n) is 11.9. The zero-order valence-corrected chi connectivity index (χ0v) is 11.9. The van der Waals surface area contributed by atoms with E-state index in [1.165, 1.54) is 0 Å². The van der Waals surface area contributed by atoms with Crippen LogP contribution in [0.5, 0.6) is 23.0 Å². The van der Waals surface area contributed by atoms with Gasteiger partial charge in [0.1, 0.15) is 23.0 Å². The van der Waals surface area contributed by atoms with E-state index in [9.17, 15) is 0 Å². The predicted molar refractivity (Wildman–Crippen MR) is 74.9 cm³/mol. The highest BCUT2D eigenvalue weighted by molar-refractivity contribution is 5.97. The van der Waals surface area contributed by atoms with Gasteiger partial charge in [0.2, 0.25) is 0 Å². The van der Waals surface area contributed by atoms with Crippen LogP contribution in [0.4, 0.5) is 0 Å². The fourth-order valence-corrected chi connectivity index (χ4v) is 2.26. The van der Waals surface area contributed by atoms with Crippen molar-refractivity contribution in [2.75, 3.05) is 28.4 Å². The number of methoxy groups -OCH3 is 4. The maximum absolute atomic E-state index is 5.52. The summed E-state index contributed by atoms with van der Waals surface area (Å²) in [6, 6.07) is 5.73. The Hall–Kier alpha value is -2.10. The minimum Gasteiger partial charge on any atom is -0.497 e. The Morgan fingerprint density at radius 3 is 1.95 bits per heavy atom. The van der Waals surface area contributed by atoms with Gasteiger partial charge in [-0.3, -0.25) is 0 Å². The maximum Gasteiger partial charge on any atom is 0.137 e. The van der Waals surface area contributed by atoms with E-state index in [0.717, 1.165) is 39.3 Å². The Bertz CT molecular complexity index is 605. The predicted octanol–water partition coefficient (Wildman–Crippen LogP) is 3.18. The summed E-state index contributed by atoms with van der Waals surface area (Å²) in [6.07, 6.45) is 0. The molecule has 102 valence electrons. The molecule has 0 aliphatic rings. The second kappa shape index (κ2) is 5.26. The molecule has 0 atom stereocenters. The van der Waals surface area contributed by atoms with Crippen LogP contribution >= 0.6 is 0 Å². The van der Waals surface area contributed by atoms with Crippen LogP contribution in [0.2, 0.25) is 0 Å². The molecule has 0 bridgehead atoms. The molecule has 2 aromatic carbocycles. The molecule has 0 saturated carbocycles. The summed E-state index contributed by atoms with van der Waals surface area (Å²) in [6.45, 7) is 1.96. The molecule has 0 aliphatic carbocycles. The number of fused-ring (bicyclic) bond motifs is 1. The van der Waals surface area contributed by atoms with Gasteiger partial charge in [0.05, 0.1) is 33.8 Å². The van der Waals surface area contributed by atoms with Gasteiger partial charge in [-0.1, -0.05) is 0 Å². The molecule has 0 aromatic heterocycles. The van der Waals surface area contributed by atoms with Gasteiger partial charge in [-0.25, -0.2) is 0 Å². The molecule has 0 aliphatic heterocycles. The number of benzene rings is 2. The van der Waals surface area contributed by atoms with Crippen LogP contribution in [-0.4, -0.2) is 28.4 Å². The van der Waals surface area contributed by atoms with E-state index in [2.05, 4.69) is 0 Å². The monoisotopic (exact) mass is 262 g/mol. The van der Waals surface area contributed by atoms with Crippen molar-refractivity contribution in [2.24, 2.45) is 0 Å². The van der Waals surface area contributed by atoms with Gasteiger partial charge in [0, 0.05) is 11.6 Å². The lowest BCUT2D eigenvalue weighted by Gasteiger charge is -2.16. The molecule has 0 heterocycles. The summed E-state index contributed by atoms with van der Waals surface area (Å²) in [5.41, 5.74) is 0.945. The molecule has 0 radical (unpaired) electrons. The van der Waals surface area contributed by atoms with Crippen molar-refractivity contribution in [3.05, 3.63) is 23.8 Å². The van der Waals surface area contributed by atoms with E-state index >= 15 is 0 Å². The number of hydrogen-bond donors (Lipinski definition) is 0. The average Bonchev–Trinajstić information content (AvgIpc) is 2.45. The first-order valence-corrected chi connectivity index (χ1v) is 5.93. The molecule has 0 amide bonds. The van der Waals surface area contributed by atoms with Gasteiger partial charge in [-0.05, 0) is 24.4 Å². The van der Waals surface area contributed by atoms with Crippen LogP contribution in [0.15, 0.2) is 18.2 Å². The van der Waals surface area contributed by atoms with E-state index in [1.54, 1.807) is 28.4 Å². The van der Waals surface area contributed by atoms with E-state index in [1.807, 2.05) is 25.1 Å². The largest absolute Gasteiger partial charge is 0.497 e. The highest BCUT2D eigenvalue weighted by Crippen LogP contribution is 2.43. The fourth-order valence-electron chi connectivity index (χ4n) is 2.26. The third-order valence-electron chi connectivity index (χ3n) is 3.21. The number of rotatable bonds is 4. The van der Waals surface area contributed by atoms with Crippen LogP contribution in [0, 0.1) is 6.92 Å². The molecular weight excluding hydrogens is 244 g/mol. The minimum atomic E-state index is 0.719. The van der Waals surface area contributed by atoms with Crippen molar-refractivity contribution in [3.8, 4) is 23.0 Å². The van der Waals surface area contributed by atoms with Gasteiger partial charge < -0.3 is 18.9 Å². The lowest BCUT2D eigenvalue weighted by Crippen LogP contribution is -1.96. The van der Waals surface area contributed by atoms with Crippen molar-refractivity contribution in [1.82, 2.24) is 0 Å². The molecule has 0 spiro atoms. The Balaban J connectivity index is 2.89. The molecule has 4 nitrogen and oxygen atoms in total. The third kappa shape index (κ3) is 2.14.